The van der Waals surface area contributed by atoms with Crippen molar-refractivity contribution in [2.24, 2.45) is 0 Å². The monoisotopic (exact) mass is 329 g/mol. The molecule has 0 saturated heterocycles. The third-order valence-corrected chi connectivity index (χ3v) is 2.98. The summed E-state index contributed by atoms with van der Waals surface area (Å²) < 4.78 is 31.8. The molecule has 1 aromatic heterocycles. The lowest BCUT2D eigenvalue weighted by molar-refractivity contribution is 0.398. The summed E-state index contributed by atoms with van der Waals surface area (Å²) in [6.45, 7) is 0. The lowest BCUT2D eigenvalue weighted by atomic mass is 10.3. The fourth-order valence-corrected chi connectivity index (χ4v) is 1.76. The highest BCUT2D eigenvalue weighted by Crippen LogP contribution is 2.28. The molecule has 4 nitrogen and oxygen atoms in total. The SMILES string of the molecule is COc1ccc(N)c(Nc2cc(Br)c(F)cc2F)n1. The molecule has 2 rings (SSSR count). The number of benzene rings is 1. The number of hydrogen-bond acceptors (Lipinski definition) is 4. The number of nitrogens with zero attached hydrogens (tertiary/aromatic N) is 1. The molecule has 0 bridgehead atoms. The van der Waals surface area contributed by atoms with Crippen molar-refractivity contribution in [1.29, 1.82) is 0 Å². The van der Waals surface area contributed by atoms with Crippen molar-refractivity contribution in [1.82, 2.24) is 4.98 Å². The number of anilines is 3. The summed E-state index contributed by atoms with van der Waals surface area (Å²) in [5.41, 5.74) is 6.10. The Morgan fingerprint density at radius 3 is 2.68 bits per heavy atom. The van der Waals surface area contributed by atoms with Gasteiger partial charge < -0.3 is 15.8 Å². The number of nitrogens with two attached hydrogens (primary N) is 1. The predicted octanol–water partition coefficient (Wildman–Crippen LogP) is 3.46. The maximum Gasteiger partial charge on any atom is 0.215 e. The Morgan fingerprint density at radius 2 is 2.00 bits per heavy atom. The van der Waals surface area contributed by atoms with E-state index in [2.05, 4.69) is 26.2 Å². The average molecular weight is 330 g/mol. The van der Waals surface area contributed by atoms with Crippen molar-refractivity contribution in [2.45, 2.75) is 0 Å². The average Bonchev–Trinajstić information content (AvgIpc) is 2.38. The molecule has 0 unspecified atom stereocenters. The summed E-state index contributed by atoms with van der Waals surface area (Å²) in [5, 5.41) is 2.70. The van der Waals surface area contributed by atoms with Gasteiger partial charge in [0.15, 0.2) is 5.82 Å². The Morgan fingerprint density at radius 1 is 1.26 bits per heavy atom. The van der Waals surface area contributed by atoms with E-state index in [4.69, 9.17) is 10.5 Å². The fraction of sp³-hybridized carbons (Fsp3) is 0.0833. The van der Waals surface area contributed by atoms with Gasteiger partial charge in [0.1, 0.15) is 11.6 Å². The van der Waals surface area contributed by atoms with E-state index in [1.165, 1.54) is 13.2 Å². The molecule has 0 fully saturated rings. The molecule has 0 spiro atoms. The minimum absolute atomic E-state index is 0.0562. The number of halogens is 3. The first kappa shape index (κ1) is 13.5. The van der Waals surface area contributed by atoms with E-state index < -0.39 is 11.6 Å². The van der Waals surface area contributed by atoms with E-state index in [1.807, 2.05) is 0 Å². The smallest absolute Gasteiger partial charge is 0.215 e. The number of hydrogen-bond donors (Lipinski definition) is 2. The summed E-state index contributed by atoms with van der Waals surface area (Å²) >= 11 is 2.98. The van der Waals surface area contributed by atoms with Gasteiger partial charge in [-0.05, 0) is 28.1 Å². The number of rotatable bonds is 3. The van der Waals surface area contributed by atoms with Crippen LogP contribution in [0, 0.1) is 11.6 Å². The number of nitrogens with one attached hydrogen (secondary N) is 1. The zero-order chi connectivity index (χ0) is 14.0. The summed E-state index contributed by atoms with van der Waals surface area (Å²) in [4.78, 5) is 4.05. The minimum Gasteiger partial charge on any atom is -0.481 e. The summed E-state index contributed by atoms with van der Waals surface area (Å²) in [6, 6.07) is 5.19. The van der Waals surface area contributed by atoms with Crippen LogP contribution in [0.15, 0.2) is 28.7 Å². The molecule has 3 N–H and O–H groups in total. The van der Waals surface area contributed by atoms with Crippen LogP contribution in [-0.4, -0.2) is 12.1 Å². The number of pyridine rings is 1. The third kappa shape index (κ3) is 2.93. The molecule has 0 aliphatic carbocycles. The van der Waals surface area contributed by atoms with Gasteiger partial charge in [-0.1, -0.05) is 0 Å². The van der Waals surface area contributed by atoms with Crippen molar-refractivity contribution >= 4 is 33.1 Å². The molecule has 0 saturated carbocycles. The fourth-order valence-electron chi connectivity index (χ4n) is 1.41. The van der Waals surface area contributed by atoms with Crippen LogP contribution >= 0.6 is 15.9 Å². The van der Waals surface area contributed by atoms with Crippen molar-refractivity contribution in [3.63, 3.8) is 0 Å². The van der Waals surface area contributed by atoms with E-state index in [9.17, 15) is 8.78 Å². The number of nitrogen functional groups attached to an aromatic ring is 1. The predicted molar refractivity (Wildman–Crippen MR) is 72.5 cm³/mol. The van der Waals surface area contributed by atoms with Crippen molar-refractivity contribution in [3.8, 4) is 5.88 Å². The Balaban J connectivity index is 2.38. The molecule has 0 radical (unpaired) electrons. The van der Waals surface area contributed by atoms with Crippen LogP contribution in [0.5, 0.6) is 5.88 Å². The van der Waals surface area contributed by atoms with Crippen LogP contribution in [0.3, 0.4) is 0 Å². The van der Waals surface area contributed by atoms with Crippen LogP contribution in [0.25, 0.3) is 0 Å². The number of aromatic nitrogens is 1. The van der Waals surface area contributed by atoms with Crippen LogP contribution in [0.2, 0.25) is 0 Å². The summed E-state index contributed by atoms with van der Waals surface area (Å²) in [7, 11) is 1.46. The number of ether oxygens (including phenoxy) is 1. The van der Waals surface area contributed by atoms with E-state index in [-0.39, 0.29) is 16.0 Å². The normalized spacial score (nSPS) is 10.3. The van der Waals surface area contributed by atoms with Gasteiger partial charge in [-0.15, -0.1) is 0 Å². The van der Waals surface area contributed by atoms with Gasteiger partial charge in [0.25, 0.3) is 0 Å². The molecular weight excluding hydrogens is 320 g/mol. The van der Waals surface area contributed by atoms with Crippen molar-refractivity contribution < 1.29 is 13.5 Å². The number of methoxy groups -OCH3 is 1. The van der Waals surface area contributed by atoms with E-state index in [0.29, 0.717) is 11.6 Å². The Bertz CT molecular complexity index is 622. The summed E-state index contributed by atoms with van der Waals surface area (Å²) in [6.07, 6.45) is 0. The Kier molecular flexibility index (Phi) is 3.84. The Labute approximate surface area is 116 Å². The highest BCUT2D eigenvalue weighted by Gasteiger charge is 2.11. The third-order valence-electron chi connectivity index (χ3n) is 2.37. The van der Waals surface area contributed by atoms with Crippen molar-refractivity contribution in [2.75, 3.05) is 18.2 Å². The quantitative estimate of drug-likeness (QED) is 0.846. The summed E-state index contributed by atoms with van der Waals surface area (Å²) in [5.74, 6) is -0.866. The molecule has 1 heterocycles. The zero-order valence-electron chi connectivity index (χ0n) is 9.88. The first-order valence-corrected chi connectivity index (χ1v) is 6.02. The molecule has 7 heteroatoms. The minimum atomic E-state index is -0.746. The maximum atomic E-state index is 13.6. The van der Waals surface area contributed by atoms with Crippen LogP contribution in [0.4, 0.5) is 26.0 Å². The largest absolute Gasteiger partial charge is 0.481 e. The first-order valence-electron chi connectivity index (χ1n) is 5.23. The second-order valence-corrected chi connectivity index (χ2v) is 4.52. The van der Waals surface area contributed by atoms with Gasteiger partial charge in [0.2, 0.25) is 5.88 Å². The van der Waals surface area contributed by atoms with Gasteiger partial charge in [-0.25, -0.2) is 8.78 Å². The molecule has 0 atom stereocenters. The highest BCUT2D eigenvalue weighted by molar-refractivity contribution is 9.10. The first-order chi connectivity index (χ1) is 9.01. The van der Waals surface area contributed by atoms with Crippen LogP contribution < -0.4 is 15.8 Å². The van der Waals surface area contributed by atoms with Gasteiger partial charge in [0, 0.05) is 12.1 Å². The van der Waals surface area contributed by atoms with Gasteiger partial charge in [-0.2, -0.15) is 4.98 Å². The van der Waals surface area contributed by atoms with E-state index >= 15 is 0 Å². The lowest BCUT2D eigenvalue weighted by Gasteiger charge is -2.11. The molecule has 1 aromatic carbocycles. The highest BCUT2D eigenvalue weighted by atomic mass is 79.9. The van der Waals surface area contributed by atoms with Crippen LogP contribution in [0.1, 0.15) is 0 Å². The molecule has 0 amide bonds. The molecule has 19 heavy (non-hydrogen) atoms. The Hall–Kier alpha value is -1.89. The molecule has 0 aliphatic heterocycles. The molecule has 2 aromatic rings. The van der Waals surface area contributed by atoms with Gasteiger partial charge in [-0.3, -0.25) is 0 Å². The molecule has 100 valence electrons. The van der Waals surface area contributed by atoms with Gasteiger partial charge >= 0.3 is 0 Å². The van der Waals surface area contributed by atoms with E-state index in [1.54, 1.807) is 12.1 Å². The maximum absolute atomic E-state index is 13.6. The zero-order valence-corrected chi connectivity index (χ0v) is 11.5. The second-order valence-electron chi connectivity index (χ2n) is 3.66. The lowest BCUT2D eigenvalue weighted by Crippen LogP contribution is -2.02. The molecule has 0 aliphatic rings. The van der Waals surface area contributed by atoms with Crippen LogP contribution in [-0.2, 0) is 0 Å². The van der Waals surface area contributed by atoms with E-state index in [0.717, 1.165) is 6.07 Å². The molecular formula is C12H10BrF2N3O. The van der Waals surface area contributed by atoms with Crippen molar-refractivity contribution in [3.05, 3.63) is 40.4 Å². The standard InChI is InChI=1S/C12H10BrF2N3O/c1-19-11-3-2-9(16)12(18-11)17-10-4-6(13)7(14)5-8(10)15/h2-5H,16H2,1H3,(H,17,18). The second kappa shape index (κ2) is 5.40. The topological polar surface area (TPSA) is 60.2 Å². The van der Waals surface area contributed by atoms with Gasteiger partial charge in [0.05, 0.1) is 23.0 Å².